The monoisotopic (exact) mass is 385 g/mol. The average Bonchev–Trinajstić information content (AvgIpc) is 2.73. The number of methoxy groups -OCH3 is 1. The maximum atomic E-state index is 6.11. The van der Waals surface area contributed by atoms with E-state index in [2.05, 4.69) is 53.8 Å². The second-order valence-corrected chi connectivity index (χ2v) is 8.12. The lowest BCUT2D eigenvalue weighted by Gasteiger charge is -2.21. The molecule has 3 nitrogen and oxygen atoms in total. The smallest absolute Gasteiger partial charge is 0.133 e. The second-order valence-electron chi connectivity index (χ2n) is 7.01. The zero-order chi connectivity index (χ0) is 18.7. The summed E-state index contributed by atoms with van der Waals surface area (Å²) in [4.78, 5) is 1.33. The van der Waals surface area contributed by atoms with Crippen LogP contribution < -0.4 is 10.1 Å². The summed E-state index contributed by atoms with van der Waals surface area (Å²) < 4.78 is 11.7. The van der Waals surface area contributed by atoms with Gasteiger partial charge in [0.15, 0.2) is 0 Å². The number of thioether (sulfide) groups is 1. The van der Waals surface area contributed by atoms with Crippen molar-refractivity contribution in [3.63, 3.8) is 0 Å². The normalized spacial score (nSPS) is 14.6. The molecule has 27 heavy (non-hydrogen) atoms. The lowest BCUT2D eigenvalue weighted by Crippen LogP contribution is -2.33. The average molecular weight is 386 g/mol. The second kappa shape index (κ2) is 11.4. The third kappa shape index (κ3) is 6.56. The summed E-state index contributed by atoms with van der Waals surface area (Å²) in [7, 11) is 1.76. The van der Waals surface area contributed by atoms with Crippen LogP contribution in [0, 0.1) is 0 Å². The van der Waals surface area contributed by atoms with Crippen LogP contribution in [0.3, 0.4) is 0 Å². The number of hydrogen-bond donors (Lipinski definition) is 1. The predicted octanol–water partition coefficient (Wildman–Crippen LogP) is 4.73. The molecule has 1 atom stereocenters. The van der Waals surface area contributed by atoms with Gasteiger partial charge in [0.05, 0.1) is 4.90 Å². The molecule has 0 radical (unpaired) electrons. The fraction of sp³-hybridized carbons (Fsp3) is 0.478. The molecule has 0 saturated heterocycles. The van der Waals surface area contributed by atoms with Crippen LogP contribution in [-0.4, -0.2) is 38.7 Å². The molecule has 0 saturated carbocycles. The first-order valence-electron chi connectivity index (χ1n) is 10.0. The Bertz CT molecular complexity index is 677. The number of aryl methyl sites for hydroxylation is 2. The van der Waals surface area contributed by atoms with Crippen molar-refractivity contribution in [1.29, 1.82) is 0 Å². The Morgan fingerprint density at radius 2 is 1.96 bits per heavy atom. The van der Waals surface area contributed by atoms with Crippen LogP contribution in [0.15, 0.2) is 53.4 Å². The summed E-state index contributed by atoms with van der Waals surface area (Å²) in [6.07, 6.45) is 6.03. The summed E-state index contributed by atoms with van der Waals surface area (Å²) in [5.41, 5.74) is 2.85. The Morgan fingerprint density at radius 1 is 1.07 bits per heavy atom. The van der Waals surface area contributed by atoms with Gasteiger partial charge in [-0.25, -0.2) is 0 Å². The first-order chi connectivity index (χ1) is 13.4. The van der Waals surface area contributed by atoms with Crippen molar-refractivity contribution >= 4 is 11.8 Å². The molecule has 2 aromatic rings. The highest BCUT2D eigenvalue weighted by molar-refractivity contribution is 7.99. The van der Waals surface area contributed by atoms with E-state index in [9.17, 15) is 0 Å². The van der Waals surface area contributed by atoms with Gasteiger partial charge < -0.3 is 14.8 Å². The number of rotatable bonds is 11. The minimum absolute atomic E-state index is 0.0728. The van der Waals surface area contributed by atoms with Crippen molar-refractivity contribution in [2.45, 2.75) is 43.1 Å². The number of ether oxygens (including phenoxy) is 2. The van der Waals surface area contributed by atoms with Crippen LogP contribution in [0.1, 0.15) is 30.4 Å². The van der Waals surface area contributed by atoms with Crippen LogP contribution >= 0.6 is 11.8 Å². The van der Waals surface area contributed by atoms with E-state index in [0.717, 1.165) is 31.7 Å². The largest absolute Gasteiger partial charge is 0.490 e. The van der Waals surface area contributed by atoms with Gasteiger partial charge in [-0.05, 0) is 61.6 Å². The van der Waals surface area contributed by atoms with Crippen molar-refractivity contribution in [3.8, 4) is 5.75 Å². The number of fused-ring (bicyclic) bond motifs is 1. The van der Waals surface area contributed by atoms with E-state index in [-0.39, 0.29) is 6.10 Å². The van der Waals surface area contributed by atoms with Gasteiger partial charge in [0.1, 0.15) is 18.5 Å². The highest BCUT2D eigenvalue weighted by Gasteiger charge is 2.16. The molecule has 1 heterocycles. The fourth-order valence-corrected chi connectivity index (χ4v) is 4.47. The molecule has 146 valence electrons. The standard InChI is InChI=1S/C23H31NO2S/c1-25-21(17-24-15-6-5-11-19-9-3-2-4-10-19)18-26-22-14-7-12-20-13-8-16-27-23(20)22/h2-4,7,9-10,12,14,21,24H,5-6,8,11,13,15-18H2,1H3. The van der Waals surface area contributed by atoms with E-state index in [1.807, 2.05) is 11.8 Å². The van der Waals surface area contributed by atoms with E-state index in [0.29, 0.717) is 6.61 Å². The molecule has 1 aliphatic rings. The van der Waals surface area contributed by atoms with Crippen LogP contribution in [0.25, 0.3) is 0 Å². The van der Waals surface area contributed by atoms with Crippen molar-refractivity contribution in [2.75, 3.05) is 32.6 Å². The Hall–Kier alpha value is -1.49. The third-order valence-electron chi connectivity index (χ3n) is 4.94. The van der Waals surface area contributed by atoms with Crippen molar-refractivity contribution in [2.24, 2.45) is 0 Å². The molecule has 0 amide bonds. The maximum Gasteiger partial charge on any atom is 0.133 e. The summed E-state index contributed by atoms with van der Waals surface area (Å²) in [5.74, 6) is 2.20. The molecule has 0 aromatic heterocycles. The van der Waals surface area contributed by atoms with Gasteiger partial charge in [-0.3, -0.25) is 0 Å². The van der Waals surface area contributed by atoms with Gasteiger partial charge in [0.25, 0.3) is 0 Å². The van der Waals surface area contributed by atoms with E-state index < -0.39 is 0 Å². The quantitative estimate of drug-likeness (QED) is 0.567. The molecule has 1 unspecified atom stereocenters. The van der Waals surface area contributed by atoms with Gasteiger partial charge in [0, 0.05) is 13.7 Å². The SMILES string of the molecule is COC(CNCCCCc1ccccc1)COc1cccc2c1SCCC2. The first-order valence-corrected chi connectivity index (χ1v) is 11.0. The Labute approximate surface area is 167 Å². The van der Waals surface area contributed by atoms with Gasteiger partial charge in [-0.1, -0.05) is 42.5 Å². The third-order valence-corrected chi connectivity index (χ3v) is 6.18. The lowest BCUT2D eigenvalue weighted by atomic mass is 10.1. The zero-order valence-electron chi connectivity index (χ0n) is 16.3. The van der Waals surface area contributed by atoms with E-state index in [1.54, 1.807) is 7.11 Å². The summed E-state index contributed by atoms with van der Waals surface area (Å²) in [6.45, 7) is 2.43. The molecule has 4 heteroatoms. The Morgan fingerprint density at radius 3 is 2.81 bits per heavy atom. The van der Waals surface area contributed by atoms with Crippen LogP contribution in [0.5, 0.6) is 5.75 Å². The minimum Gasteiger partial charge on any atom is -0.490 e. The molecular weight excluding hydrogens is 354 g/mol. The van der Waals surface area contributed by atoms with E-state index >= 15 is 0 Å². The van der Waals surface area contributed by atoms with E-state index in [4.69, 9.17) is 9.47 Å². The van der Waals surface area contributed by atoms with Crippen molar-refractivity contribution < 1.29 is 9.47 Å². The van der Waals surface area contributed by atoms with Gasteiger partial charge in [-0.15, -0.1) is 11.8 Å². The van der Waals surface area contributed by atoms with Crippen LogP contribution in [-0.2, 0) is 17.6 Å². The summed E-state index contributed by atoms with van der Waals surface area (Å²) in [5, 5.41) is 3.51. The molecule has 0 spiro atoms. The Kier molecular flexibility index (Phi) is 8.53. The van der Waals surface area contributed by atoms with Crippen LogP contribution in [0.4, 0.5) is 0 Å². The first kappa shape index (κ1) is 20.2. The van der Waals surface area contributed by atoms with Gasteiger partial charge >= 0.3 is 0 Å². The van der Waals surface area contributed by atoms with Gasteiger partial charge in [-0.2, -0.15) is 0 Å². The molecule has 0 bridgehead atoms. The zero-order valence-corrected chi connectivity index (χ0v) is 17.1. The number of unbranched alkanes of at least 4 members (excludes halogenated alkanes) is 1. The molecule has 2 aromatic carbocycles. The lowest BCUT2D eigenvalue weighted by molar-refractivity contribution is 0.0571. The number of benzene rings is 2. The minimum atomic E-state index is 0.0728. The maximum absolute atomic E-state index is 6.11. The summed E-state index contributed by atoms with van der Waals surface area (Å²) in [6, 6.07) is 17.1. The number of nitrogens with one attached hydrogen (secondary N) is 1. The predicted molar refractivity (Wildman–Crippen MR) is 114 cm³/mol. The molecule has 1 aliphatic heterocycles. The van der Waals surface area contributed by atoms with Crippen molar-refractivity contribution in [1.82, 2.24) is 5.32 Å². The molecule has 0 fully saturated rings. The summed E-state index contributed by atoms with van der Waals surface area (Å²) >= 11 is 1.92. The molecule has 3 rings (SSSR count). The molecule has 1 N–H and O–H groups in total. The topological polar surface area (TPSA) is 30.5 Å². The van der Waals surface area contributed by atoms with E-state index in [1.165, 1.54) is 41.0 Å². The van der Waals surface area contributed by atoms with Crippen LogP contribution in [0.2, 0.25) is 0 Å². The Balaban J connectivity index is 1.34. The van der Waals surface area contributed by atoms with Crippen molar-refractivity contribution in [3.05, 3.63) is 59.7 Å². The highest BCUT2D eigenvalue weighted by Crippen LogP contribution is 2.37. The molecular formula is C23H31NO2S. The number of hydrogen-bond acceptors (Lipinski definition) is 4. The highest BCUT2D eigenvalue weighted by atomic mass is 32.2. The van der Waals surface area contributed by atoms with Gasteiger partial charge in [0.2, 0.25) is 0 Å². The molecule has 0 aliphatic carbocycles. The fourth-order valence-electron chi connectivity index (χ4n) is 3.35.